The van der Waals surface area contributed by atoms with E-state index in [1.165, 1.54) is 0 Å². The van der Waals surface area contributed by atoms with Crippen LogP contribution in [-0.2, 0) is 16.0 Å². The lowest BCUT2D eigenvalue weighted by atomic mass is 9.96. The maximum Gasteiger partial charge on any atom is 0.245 e. The molecule has 1 fully saturated rings. The Kier molecular flexibility index (Phi) is 4.09. The number of amides is 2. The number of nitrogens with two attached hydrogens (primary N) is 1. The van der Waals surface area contributed by atoms with Gasteiger partial charge >= 0.3 is 0 Å². The molecule has 2 rings (SSSR count). The van der Waals surface area contributed by atoms with Crippen LogP contribution < -0.4 is 11.1 Å². The summed E-state index contributed by atoms with van der Waals surface area (Å²) in [6.07, 6.45) is 0.480. The zero-order valence-corrected chi connectivity index (χ0v) is 11.9. The van der Waals surface area contributed by atoms with E-state index in [1.807, 2.05) is 30.3 Å². The summed E-state index contributed by atoms with van der Waals surface area (Å²) < 4.78 is 0. The number of piperazine rings is 1. The van der Waals surface area contributed by atoms with E-state index in [4.69, 9.17) is 5.73 Å². The van der Waals surface area contributed by atoms with Crippen LogP contribution in [0.25, 0.3) is 0 Å². The van der Waals surface area contributed by atoms with Crippen molar-refractivity contribution in [3.05, 3.63) is 35.9 Å². The summed E-state index contributed by atoms with van der Waals surface area (Å²) in [7, 11) is 0. The predicted octanol–water partition coefficient (Wildman–Crippen LogP) is 0.293. The number of benzene rings is 1. The number of hydrogen-bond acceptors (Lipinski definition) is 3. The van der Waals surface area contributed by atoms with Crippen molar-refractivity contribution in [3.63, 3.8) is 0 Å². The first-order valence-electron chi connectivity index (χ1n) is 6.82. The summed E-state index contributed by atoms with van der Waals surface area (Å²) in [6, 6.07) is 9.04. The van der Waals surface area contributed by atoms with E-state index in [0.717, 1.165) is 5.56 Å². The summed E-state index contributed by atoms with van der Waals surface area (Å²) in [5.74, 6) is -0.308. The first-order chi connectivity index (χ1) is 9.43. The maximum atomic E-state index is 12.5. The van der Waals surface area contributed by atoms with E-state index >= 15 is 0 Å². The van der Waals surface area contributed by atoms with Crippen LogP contribution in [0.4, 0.5) is 0 Å². The fraction of sp³-hybridized carbons (Fsp3) is 0.467. The highest BCUT2D eigenvalue weighted by Gasteiger charge is 2.41. The standard InChI is InChI=1S/C15H21N3O2/c1-15(2)14(20)17-8-9-18(15)13(19)12(16)10-11-6-4-3-5-7-11/h3-7,12H,8-10,16H2,1-2H3,(H,17,20)/t12-/m0/s1. The molecule has 0 saturated carbocycles. The number of hydrogen-bond donors (Lipinski definition) is 2. The van der Waals surface area contributed by atoms with Crippen LogP contribution in [0.5, 0.6) is 0 Å². The van der Waals surface area contributed by atoms with Crippen LogP contribution >= 0.6 is 0 Å². The summed E-state index contributed by atoms with van der Waals surface area (Å²) in [5, 5.41) is 2.77. The van der Waals surface area contributed by atoms with E-state index < -0.39 is 11.6 Å². The quantitative estimate of drug-likeness (QED) is 0.832. The molecule has 5 heteroatoms. The molecule has 1 saturated heterocycles. The Morgan fingerprint density at radius 1 is 1.40 bits per heavy atom. The molecule has 1 aliphatic rings. The Morgan fingerprint density at radius 2 is 2.05 bits per heavy atom. The fourth-order valence-electron chi connectivity index (χ4n) is 2.44. The molecule has 0 spiro atoms. The number of carbonyl (C=O) groups excluding carboxylic acids is 2. The molecule has 108 valence electrons. The Balaban J connectivity index is 2.08. The third kappa shape index (κ3) is 2.82. The van der Waals surface area contributed by atoms with Crippen LogP contribution in [0.2, 0.25) is 0 Å². The number of nitrogens with one attached hydrogen (secondary N) is 1. The van der Waals surface area contributed by atoms with Crippen molar-refractivity contribution in [2.45, 2.75) is 31.8 Å². The SMILES string of the molecule is CC1(C)C(=O)NCCN1C(=O)[C@@H](N)Cc1ccccc1. The van der Waals surface area contributed by atoms with Gasteiger partial charge in [-0.1, -0.05) is 30.3 Å². The zero-order chi connectivity index (χ0) is 14.8. The van der Waals surface area contributed by atoms with Crippen LogP contribution in [-0.4, -0.2) is 41.4 Å². The first-order valence-corrected chi connectivity index (χ1v) is 6.82. The van der Waals surface area contributed by atoms with E-state index in [0.29, 0.717) is 19.5 Å². The molecule has 20 heavy (non-hydrogen) atoms. The van der Waals surface area contributed by atoms with Gasteiger partial charge in [0.05, 0.1) is 6.04 Å². The molecule has 0 unspecified atom stereocenters. The van der Waals surface area contributed by atoms with Gasteiger partial charge in [-0.25, -0.2) is 0 Å². The molecule has 0 aliphatic carbocycles. The maximum absolute atomic E-state index is 12.5. The van der Waals surface area contributed by atoms with Crippen molar-refractivity contribution in [2.75, 3.05) is 13.1 Å². The van der Waals surface area contributed by atoms with Crippen molar-refractivity contribution in [1.29, 1.82) is 0 Å². The van der Waals surface area contributed by atoms with Gasteiger partial charge in [0, 0.05) is 13.1 Å². The first kappa shape index (κ1) is 14.5. The molecule has 3 N–H and O–H groups in total. The van der Waals surface area contributed by atoms with Gasteiger partial charge in [-0.2, -0.15) is 0 Å². The smallest absolute Gasteiger partial charge is 0.245 e. The van der Waals surface area contributed by atoms with Gasteiger partial charge in [0.2, 0.25) is 11.8 Å². The largest absolute Gasteiger partial charge is 0.352 e. The van der Waals surface area contributed by atoms with Gasteiger partial charge in [0.1, 0.15) is 5.54 Å². The van der Waals surface area contributed by atoms with Gasteiger partial charge < -0.3 is 16.0 Å². The second kappa shape index (κ2) is 5.63. The highest BCUT2D eigenvalue weighted by Crippen LogP contribution is 2.19. The topological polar surface area (TPSA) is 75.4 Å². The third-order valence-electron chi connectivity index (χ3n) is 3.73. The number of rotatable bonds is 3. The van der Waals surface area contributed by atoms with E-state index in [-0.39, 0.29) is 11.8 Å². The highest BCUT2D eigenvalue weighted by molar-refractivity contribution is 5.93. The second-order valence-corrected chi connectivity index (χ2v) is 5.60. The zero-order valence-electron chi connectivity index (χ0n) is 11.9. The average molecular weight is 275 g/mol. The Labute approximate surface area is 119 Å². The molecule has 1 atom stereocenters. The molecule has 2 amide bonds. The average Bonchev–Trinajstić information content (AvgIpc) is 2.42. The minimum atomic E-state index is -0.844. The van der Waals surface area contributed by atoms with Crippen molar-refractivity contribution in [3.8, 4) is 0 Å². The highest BCUT2D eigenvalue weighted by atomic mass is 16.2. The van der Waals surface area contributed by atoms with Gasteiger partial charge in [-0.15, -0.1) is 0 Å². The summed E-state index contributed by atoms with van der Waals surface area (Å²) in [6.45, 7) is 4.47. The summed E-state index contributed by atoms with van der Waals surface area (Å²) >= 11 is 0. The normalized spacial score (nSPS) is 19.4. The minimum absolute atomic E-state index is 0.135. The van der Waals surface area contributed by atoms with Crippen molar-refractivity contribution in [2.24, 2.45) is 5.73 Å². The number of nitrogens with zero attached hydrogens (tertiary/aromatic N) is 1. The predicted molar refractivity (Wildman–Crippen MR) is 76.9 cm³/mol. The van der Waals surface area contributed by atoms with E-state index in [1.54, 1.807) is 18.7 Å². The molecule has 0 bridgehead atoms. The molecule has 1 aromatic rings. The monoisotopic (exact) mass is 275 g/mol. The molecule has 5 nitrogen and oxygen atoms in total. The van der Waals surface area contributed by atoms with Gasteiger partial charge in [-0.05, 0) is 25.8 Å². The second-order valence-electron chi connectivity index (χ2n) is 5.60. The van der Waals surface area contributed by atoms with Crippen molar-refractivity contribution >= 4 is 11.8 Å². The Morgan fingerprint density at radius 3 is 2.70 bits per heavy atom. The molecule has 1 heterocycles. The lowest BCUT2D eigenvalue weighted by molar-refractivity contribution is -0.150. The van der Waals surface area contributed by atoms with Gasteiger partial charge in [0.15, 0.2) is 0 Å². The van der Waals surface area contributed by atoms with Gasteiger partial charge in [-0.3, -0.25) is 9.59 Å². The lowest BCUT2D eigenvalue weighted by Gasteiger charge is -2.42. The molecule has 1 aromatic carbocycles. The Hall–Kier alpha value is -1.88. The fourth-order valence-corrected chi connectivity index (χ4v) is 2.44. The minimum Gasteiger partial charge on any atom is -0.352 e. The van der Waals surface area contributed by atoms with Crippen LogP contribution in [0.3, 0.4) is 0 Å². The van der Waals surface area contributed by atoms with Crippen LogP contribution in [0.1, 0.15) is 19.4 Å². The van der Waals surface area contributed by atoms with E-state index in [9.17, 15) is 9.59 Å². The summed E-state index contributed by atoms with van der Waals surface area (Å²) in [4.78, 5) is 25.9. The molecular formula is C15H21N3O2. The molecule has 1 aliphatic heterocycles. The van der Waals surface area contributed by atoms with Gasteiger partial charge in [0.25, 0.3) is 0 Å². The summed E-state index contributed by atoms with van der Waals surface area (Å²) in [5.41, 5.74) is 6.20. The number of carbonyl (C=O) groups is 2. The van der Waals surface area contributed by atoms with Crippen molar-refractivity contribution < 1.29 is 9.59 Å². The van der Waals surface area contributed by atoms with Crippen LogP contribution in [0.15, 0.2) is 30.3 Å². The van der Waals surface area contributed by atoms with Crippen LogP contribution in [0, 0.1) is 0 Å². The molecule has 0 aromatic heterocycles. The molecular weight excluding hydrogens is 254 g/mol. The Bertz CT molecular complexity index is 499. The van der Waals surface area contributed by atoms with Crippen molar-refractivity contribution in [1.82, 2.24) is 10.2 Å². The van der Waals surface area contributed by atoms with E-state index in [2.05, 4.69) is 5.32 Å². The lowest BCUT2D eigenvalue weighted by Crippen LogP contribution is -2.65. The third-order valence-corrected chi connectivity index (χ3v) is 3.73. The molecule has 0 radical (unpaired) electrons.